The standard InChI is InChI=1S/C28H27ClN2O6/c1-4-37-21-12-10-20(11-13-21)31-26(32)16-23(28(31)34)30(17-19-7-5-6-8-22(19)29)27(33)18-9-14-24(35-2)25(15-18)36-3/h5-15,23H,4,16-17H2,1-3H3. The second-order valence-electron chi connectivity index (χ2n) is 8.31. The number of imide groups is 1. The van der Waals surface area contributed by atoms with E-state index in [0.717, 1.165) is 4.90 Å². The Kier molecular flexibility index (Phi) is 7.98. The molecule has 1 heterocycles. The Balaban J connectivity index is 1.70. The van der Waals surface area contributed by atoms with Gasteiger partial charge in [-0.2, -0.15) is 0 Å². The highest BCUT2D eigenvalue weighted by molar-refractivity contribution is 6.31. The average Bonchev–Trinajstić information content (AvgIpc) is 3.21. The number of anilines is 1. The molecule has 3 aromatic carbocycles. The minimum Gasteiger partial charge on any atom is -0.494 e. The highest BCUT2D eigenvalue weighted by Crippen LogP contribution is 2.32. The summed E-state index contributed by atoms with van der Waals surface area (Å²) in [5, 5.41) is 0.452. The van der Waals surface area contributed by atoms with E-state index in [0.29, 0.717) is 40.1 Å². The van der Waals surface area contributed by atoms with Crippen LogP contribution in [0.4, 0.5) is 5.69 Å². The van der Waals surface area contributed by atoms with Gasteiger partial charge in [-0.15, -0.1) is 0 Å². The molecule has 192 valence electrons. The Morgan fingerprint density at radius 3 is 2.35 bits per heavy atom. The van der Waals surface area contributed by atoms with Crippen LogP contribution < -0.4 is 19.1 Å². The van der Waals surface area contributed by atoms with Gasteiger partial charge in [0.15, 0.2) is 11.5 Å². The molecule has 0 bridgehead atoms. The fourth-order valence-corrected chi connectivity index (χ4v) is 4.45. The lowest BCUT2D eigenvalue weighted by molar-refractivity contribution is -0.122. The topological polar surface area (TPSA) is 85.4 Å². The zero-order valence-corrected chi connectivity index (χ0v) is 21.5. The van der Waals surface area contributed by atoms with Crippen molar-refractivity contribution < 1.29 is 28.6 Å². The third-order valence-corrected chi connectivity index (χ3v) is 6.46. The smallest absolute Gasteiger partial charge is 0.257 e. The van der Waals surface area contributed by atoms with Gasteiger partial charge < -0.3 is 19.1 Å². The van der Waals surface area contributed by atoms with Crippen LogP contribution in [0.5, 0.6) is 17.2 Å². The van der Waals surface area contributed by atoms with Crippen LogP contribution in [0, 0.1) is 0 Å². The molecule has 4 rings (SSSR count). The Morgan fingerprint density at radius 2 is 1.70 bits per heavy atom. The monoisotopic (exact) mass is 522 g/mol. The summed E-state index contributed by atoms with van der Waals surface area (Å²) in [4.78, 5) is 43.0. The van der Waals surface area contributed by atoms with Crippen molar-refractivity contribution in [2.24, 2.45) is 0 Å². The van der Waals surface area contributed by atoms with Gasteiger partial charge in [-0.1, -0.05) is 29.8 Å². The molecule has 8 nitrogen and oxygen atoms in total. The van der Waals surface area contributed by atoms with Gasteiger partial charge in [-0.05, 0) is 61.0 Å². The van der Waals surface area contributed by atoms with Crippen molar-refractivity contribution in [3.05, 3.63) is 82.9 Å². The molecule has 0 aliphatic carbocycles. The molecule has 1 aliphatic rings. The summed E-state index contributed by atoms with van der Waals surface area (Å²) < 4.78 is 16.1. The van der Waals surface area contributed by atoms with Crippen molar-refractivity contribution in [3.63, 3.8) is 0 Å². The Labute approximate surface area is 220 Å². The van der Waals surface area contributed by atoms with Crippen molar-refractivity contribution in [2.75, 3.05) is 25.7 Å². The number of methoxy groups -OCH3 is 2. The summed E-state index contributed by atoms with van der Waals surface area (Å²) >= 11 is 6.39. The SMILES string of the molecule is CCOc1ccc(N2C(=O)CC(N(Cc3ccccc3Cl)C(=O)c3ccc(OC)c(OC)c3)C2=O)cc1. The predicted octanol–water partition coefficient (Wildman–Crippen LogP) is 4.73. The summed E-state index contributed by atoms with van der Waals surface area (Å²) in [6.45, 7) is 2.40. The molecule has 1 aliphatic heterocycles. The number of carbonyl (C=O) groups excluding carboxylic acids is 3. The molecule has 3 amide bonds. The third-order valence-electron chi connectivity index (χ3n) is 6.09. The van der Waals surface area contributed by atoms with E-state index in [4.69, 9.17) is 25.8 Å². The van der Waals surface area contributed by atoms with Crippen LogP contribution in [0.1, 0.15) is 29.3 Å². The maximum Gasteiger partial charge on any atom is 0.257 e. The zero-order chi connectivity index (χ0) is 26.5. The first-order valence-corrected chi connectivity index (χ1v) is 12.1. The molecule has 1 saturated heterocycles. The number of carbonyl (C=O) groups is 3. The van der Waals surface area contributed by atoms with Crippen LogP contribution in [-0.2, 0) is 16.1 Å². The van der Waals surface area contributed by atoms with Crippen molar-refractivity contribution in [1.29, 1.82) is 0 Å². The quantitative estimate of drug-likeness (QED) is 0.378. The van der Waals surface area contributed by atoms with E-state index in [9.17, 15) is 14.4 Å². The number of nitrogens with zero attached hydrogens (tertiary/aromatic N) is 2. The summed E-state index contributed by atoms with van der Waals surface area (Å²) in [6, 6.07) is 17.5. The van der Waals surface area contributed by atoms with Crippen LogP contribution in [0.2, 0.25) is 5.02 Å². The molecule has 9 heteroatoms. The molecule has 0 radical (unpaired) electrons. The minimum atomic E-state index is -1.02. The Bertz CT molecular complexity index is 1310. The van der Waals surface area contributed by atoms with Gasteiger partial charge in [-0.25, -0.2) is 4.90 Å². The molecular formula is C28H27ClN2O6. The second-order valence-corrected chi connectivity index (χ2v) is 8.72. The van der Waals surface area contributed by atoms with E-state index in [-0.39, 0.29) is 18.5 Å². The minimum absolute atomic E-state index is 0.0354. The van der Waals surface area contributed by atoms with Crippen molar-refractivity contribution in [1.82, 2.24) is 4.90 Å². The van der Waals surface area contributed by atoms with Gasteiger partial charge in [-0.3, -0.25) is 14.4 Å². The summed E-state index contributed by atoms with van der Waals surface area (Å²) in [6.07, 6.45) is -0.157. The number of halogens is 1. The van der Waals surface area contributed by atoms with Gasteiger partial charge in [0, 0.05) is 17.1 Å². The maximum absolute atomic E-state index is 13.8. The number of ether oxygens (including phenoxy) is 3. The fourth-order valence-electron chi connectivity index (χ4n) is 4.26. The van der Waals surface area contributed by atoms with Crippen molar-refractivity contribution >= 4 is 35.0 Å². The first-order chi connectivity index (χ1) is 17.9. The molecule has 37 heavy (non-hydrogen) atoms. The zero-order valence-electron chi connectivity index (χ0n) is 20.8. The Hall–Kier alpha value is -4.04. The van der Waals surface area contributed by atoms with E-state index in [1.54, 1.807) is 66.7 Å². The lowest BCUT2D eigenvalue weighted by Crippen LogP contribution is -2.45. The first-order valence-electron chi connectivity index (χ1n) is 11.7. The largest absolute Gasteiger partial charge is 0.494 e. The Morgan fingerprint density at radius 1 is 1.00 bits per heavy atom. The van der Waals surface area contributed by atoms with E-state index in [1.807, 2.05) is 6.92 Å². The molecule has 1 atom stereocenters. The van der Waals surface area contributed by atoms with E-state index < -0.39 is 23.8 Å². The third kappa shape index (κ3) is 5.39. The summed E-state index contributed by atoms with van der Waals surface area (Å²) in [5.41, 5.74) is 1.35. The van der Waals surface area contributed by atoms with Gasteiger partial charge in [0.25, 0.3) is 11.8 Å². The normalized spacial score (nSPS) is 15.0. The number of hydrogen-bond donors (Lipinski definition) is 0. The molecule has 3 aromatic rings. The second kappa shape index (κ2) is 11.3. The maximum atomic E-state index is 13.8. The fraction of sp³-hybridized carbons (Fsp3) is 0.250. The molecule has 0 N–H and O–H groups in total. The van der Waals surface area contributed by atoms with Crippen LogP contribution in [-0.4, -0.2) is 49.5 Å². The highest BCUT2D eigenvalue weighted by Gasteiger charge is 2.44. The van der Waals surface area contributed by atoms with Crippen molar-refractivity contribution in [2.45, 2.75) is 25.9 Å². The van der Waals surface area contributed by atoms with Gasteiger partial charge in [0.2, 0.25) is 5.91 Å². The van der Waals surface area contributed by atoms with Crippen molar-refractivity contribution in [3.8, 4) is 17.2 Å². The summed E-state index contributed by atoms with van der Waals surface area (Å²) in [5.74, 6) is 0.131. The molecule has 1 fully saturated rings. The predicted molar refractivity (Wildman–Crippen MR) is 139 cm³/mol. The summed E-state index contributed by atoms with van der Waals surface area (Å²) in [7, 11) is 2.98. The van der Waals surface area contributed by atoms with E-state index >= 15 is 0 Å². The van der Waals surface area contributed by atoms with Crippen LogP contribution >= 0.6 is 11.6 Å². The molecule has 0 aromatic heterocycles. The van der Waals surface area contributed by atoms with Crippen LogP contribution in [0.15, 0.2) is 66.7 Å². The highest BCUT2D eigenvalue weighted by atomic mass is 35.5. The number of benzene rings is 3. The molecule has 0 spiro atoms. The van der Waals surface area contributed by atoms with Gasteiger partial charge in [0.05, 0.1) is 32.9 Å². The number of amides is 3. The number of rotatable bonds is 9. The molecule has 1 unspecified atom stereocenters. The lowest BCUT2D eigenvalue weighted by Gasteiger charge is -2.28. The van der Waals surface area contributed by atoms with Gasteiger partial charge in [0.1, 0.15) is 11.8 Å². The molecular weight excluding hydrogens is 496 g/mol. The van der Waals surface area contributed by atoms with Crippen LogP contribution in [0.3, 0.4) is 0 Å². The van der Waals surface area contributed by atoms with E-state index in [1.165, 1.54) is 19.1 Å². The number of hydrogen-bond acceptors (Lipinski definition) is 6. The first kappa shape index (κ1) is 26.0. The lowest BCUT2D eigenvalue weighted by atomic mass is 10.1. The van der Waals surface area contributed by atoms with Gasteiger partial charge >= 0.3 is 0 Å². The van der Waals surface area contributed by atoms with Crippen LogP contribution in [0.25, 0.3) is 0 Å². The van der Waals surface area contributed by atoms with E-state index in [2.05, 4.69) is 0 Å². The molecule has 0 saturated carbocycles. The average molecular weight is 523 g/mol.